The summed E-state index contributed by atoms with van der Waals surface area (Å²) in [4.78, 5) is 21.4. The van der Waals surface area contributed by atoms with E-state index in [1.807, 2.05) is 0 Å². The number of aliphatic carboxylic acids is 1. The first kappa shape index (κ1) is 13.8. The Balaban J connectivity index is 3.10. The van der Waals surface area contributed by atoms with Crippen LogP contribution in [0.5, 0.6) is 0 Å². The first-order chi connectivity index (χ1) is 7.97. The lowest BCUT2D eigenvalue weighted by atomic mass is 10.3. The largest absolute Gasteiger partial charge is 0.480 e. The molecule has 1 aromatic rings. The minimum Gasteiger partial charge on any atom is -0.480 e. The van der Waals surface area contributed by atoms with E-state index in [9.17, 15) is 14.9 Å². The zero-order valence-corrected chi connectivity index (χ0v) is 10.5. The van der Waals surface area contributed by atoms with Gasteiger partial charge in [0.1, 0.15) is 10.3 Å². The third kappa shape index (κ3) is 3.34. The summed E-state index contributed by atoms with van der Waals surface area (Å²) in [5, 5.41) is 19.1. The highest BCUT2D eigenvalue weighted by Gasteiger charge is 2.24. The summed E-state index contributed by atoms with van der Waals surface area (Å²) >= 11 is 6.67. The number of rotatable bonds is 5. The summed E-state index contributed by atoms with van der Waals surface area (Å²) in [7, 11) is 0. The number of carboxylic acid groups (broad SMARTS) is 1. The Labute approximate surface area is 107 Å². The average molecular weight is 276 g/mol. The van der Waals surface area contributed by atoms with Crippen LogP contribution in [0.15, 0.2) is 23.1 Å². The smallest absolute Gasteiger partial charge is 0.316 e. The van der Waals surface area contributed by atoms with Gasteiger partial charge in [-0.3, -0.25) is 14.9 Å². The molecule has 7 heteroatoms. The lowest BCUT2D eigenvalue weighted by molar-refractivity contribution is -0.387. The van der Waals surface area contributed by atoms with E-state index in [2.05, 4.69) is 0 Å². The molecule has 1 atom stereocenters. The summed E-state index contributed by atoms with van der Waals surface area (Å²) in [6, 6.07) is 4.47. The van der Waals surface area contributed by atoms with E-state index in [1.54, 1.807) is 13.0 Å². The van der Waals surface area contributed by atoms with Crippen LogP contribution in [0.2, 0.25) is 5.02 Å². The summed E-state index contributed by atoms with van der Waals surface area (Å²) in [6.07, 6.45) is 0.379. The molecule has 0 fully saturated rings. The zero-order chi connectivity index (χ0) is 13.0. The topological polar surface area (TPSA) is 80.4 Å². The standard InChI is InChI=1S/C10H10ClNO4S/c1-2-7(10(13)14)17-8-5-3-4-6(11)9(8)12(15)16/h3-5,7H,2H2,1H3,(H,13,14). The molecule has 1 N–H and O–H groups in total. The molecular formula is C10H10ClNO4S. The van der Waals surface area contributed by atoms with Gasteiger partial charge in [0.15, 0.2) is 0 Å². The summed E-state index contributed by atoms with van der Waals surface area (Å²) in [5.41, 5.74) is -0.237. The average Bonchev–Trinajstić information content (AvgIpc) is 2.24. The van der Waals surface area contributed by atoms with Crippen LogP contribution < -0.4 is 0 Å². The number of nitro groups is 1. The van der Waals surface area contributed by atoms with E-state index in [4.69, 9.17) is 16.7 Å². The van der Waals surface area contributed by atoms with Crippen LogP contribution in [0.1, 0.15) is 13.3 Å². The molecule has 92 valence electrons. The normalized spacial score (nSPS) is 12.1. The first-order valence-corrected chi connectivity index (χ1v) is 6.05. The number of hydrogen-bond acceptors (Lipinski definition) is 4. The van der Waals surface area contributed by atoms with Crippen molar-refractivity contribution in [1.82, 2.24) is 0 Å². The Morgan fingerprint density at radius 2 is 2.29 bits per heavy atom. The molecule has 0 saturated carbocycles. The van der Waals surface area contributed by atoms with E-state index < -0.39 is 16.1 Å². The molecule has 0 spiro atoms. The molecule has 5 nitrogen and oxygen atoms in total. The number of nitrogens with zero attached hydrogens (tertiary/aromatic N) is 1. The third-order valence-corrected chi connectivity index (χ3v) is 3.76. The number of nitro benzene ring substituents is 1. The number of hydrogen-bond donors (Lipinski definition) is 1. The van der Waals surface area contributed by atoms with Crippen molar-refractivity contribution in [1.29, 1.82) is 0 Å². The first-order valence-electron chi connectivity index (χ1n) is 4.79. The zero-order valence-electron chi connectivity index (χ0n) is 8.92. The number of carboxylic acids is 1. The van der Waals surface area contributed by atoms with Crippen LogP contribution in [0.3, 0.4) is 0 Å². The maximum Gasteiger partial charge on any atom is 0.316 e. The second-order valence-corrected chi connectivity index (χ2v) is 4.85. The Kier molecular flexibility index (Phi) is 4.77. The number of para-hydroxylation sites is 1. The molecule has 0 aliphatic rings. The van der Waals surface area contributed by atoms with E-state index in [-0.39, 0.29) is 15.6 Å². The molecule has 0 heterocycles. The number of benzene rings is 1. The van der Waals surface area contributed by atoms with Gasteiger partial charge in [-0.15, -0.1) is 11.8 Å². The molecule has 0 bridgehead atoms. The van der Waals surface area contributed by atoms with E-state index in [1.165, 1.54) is 12.1 Å². The molecule has 1 unspecified atom stereocenters. The van der Waals surface area contributed by atoms with Crippen molar-refractivity contribution in [3.8, 4) is 0 Å². The van der Waals surface area contributed by atoms with Crippen molar-refractivity contribution in [3.05, 3.63) is 33.3 Å². The Morgan fingerprint density at radius 1 is 1.65 bits per heavy atom. The molecule has 0 aromatic heterocycles. The SMILES string of the molecule is CCC(Sc1cccc(Cl)c1[N+](=O)[O-])C(=O)O. The lowest BCUT2D eigenvalue weighted by Gasteiger charge is -2.09. The van der Waals surface area contributed by atoms with Crippen LogP contribution >= 0.6 is 23.4 Å². The van der Waals surface area contributed by atoms with Crippen molar-refractivity contribution >= 4 is 35.0 Å². The van der Waals surface area contributed by atoms with Crippen LogP contribution in [-0.2, 0) is 4.79 Å². The monoisotopic (exact) mass is 275 g/mol. The van der Waals surface area contributed by atoms with Gasteiger partial charge in [-0.25, -0.2) is 0 Å². The molecule has 17 heavy (non-hydrogen) atoms. The quantitative estimate of drug-likeness (QED) is 0.507. The maximum absolute atomic E-state index is 10.9. The number of thioether (sulfide) groups is 1. The molecule has 0 saturated heterocycles. The summed E-state index contributed by atoms with van der Waals surface area (Å²) < 4.78 is 0. The van der Waals surface area contributed by atoms with Gasteiger partial charge in [0.2, 0.25) is 0 Å². The van der Waals surface area contributed by atoms with Crippen molar-refractivity contribution < 1.29 is 14.8 Å². The molecule has 0 radical (unpaired) electrons. The highest BCUT2D eigenvalue weighted by molar-refractivity contribution is 8.00. The fourth-order valence-electron chi connectivity index (χ4n) is 1.23. The van der Waals surface area contributed by atoms with Crippen molar-refractivity contribution in [2.45, 2.75) is 23.5 Å². The van der Waals surface area contributed by atoms with Gasteiger partial charge in [-0.1, -0.05) is 24.6 Å². The van der Waals surface area contributed by atoms with E-state index >= 15 is 0 Å². The Morgan fingerprint density at radius 3 is 2.76 bits per heavy atom. The highest BCUT2D eigenvalue weighted by Crippen LogP contribution is 2.37. The van der Waals surface area contributed by atoms with Gasteiger partial charge >= 0.3 is 11.7 Å². The summed E-state index contributed by atoms with van der Waals surface area (Å²) in [5.74, 6) is -0.994. The molecule has 1 aromatic carbocycles. The molecule has 1 rings (SSSR count). The van der Waals surface area contributed by atoms with Gasteiger partial charge < -0.3 is 5.11 Å². The summed E-state index contributed by atoms with van der Waals surface area (Å²) in [6.45, 7) is 1.71. The maximum atomic E-state index is 10.9. The van der Waals surface area contributed by atoms with Gasteiger partial charge in [0, 0.05) is 0 Å². The van der Waals surface area contributed by atoms with E-state index in [0.29, 0.717) is 6.42 Å². The van der Waals surface area contributed by atoms with Crippen molar-refractivity contribution in [2.24, 2.45) is 0 Å². The Bertz CT molecular complexity index is 452. The van der Waals surface area contributed by atoms with Crippen molar-refractivity contribution in [3.63, 3.8) is 0 Å². The lowest BCUT2D eigenvalue weighted by Crippen LogP contribution is -2.14. The molecule has 0 aliphatic heterocycles. The fourth-order valence-corrected chi connectivity index (χ4v) is 2.56. The van der Waals surface area contributed by atoms with Crippen LogP contribution in [0.4, 0.5) is 5.69 Å². The van der Waals surface area contributed by atoms with Crippen LogP contribution in [0.25, 0.3) is 0 Å². The van der Waals surface area contributed by atoms with Crippen LogP contribution in [-0.4, -0.2) is 21.2 Å². The third-order valence-electron chi connectivity index (χ3n) is 2.05. The predicted octanol–water partition coefficient (Wildman–Crippen LogP) is 3.20. The minimum atomic E-state index is -0.994. The second kappa shape index (κ2) is 5.88. The second-order valence-electron chi connectivity index (χ2n) is 3.20. The van der Waals surface area contributed by atoms with Gasteiger partial charge in [0.25, 0.3) is 0 Å². The highest BCUT2D eigenvalue weighted by atomic mass is 35.5. The van der Waals surface area contributed by atoms with E-state index in [0.717, 1.165) is 11.8 Å². The Hall–Kier alpha value is -1.27. The minimum absolute atomic E-state index is 0.0141. The van der Waals surface area contributed by atoms with Crippen molar-refractivity contribution in [2.75, 3.05) is 0 Å². The van der Waals surface area contributed by atoms with Gasteiger partial charge in [0.05, 0.1) is 9.82 Å². The van der Waals surface area contributed by atoms with Gasteiger partial charge in [-0.2, -0.15) is 0 Å². The molecular weight excluding hydrogens is 266 g/mol. The molecule has 0 aliphatic carbocycles. The van der Waals surface area contributed by atoms with Crippen LogP contribution in [0, 0.1) is 10.1 Å². The molecule has 0 amide bonds. The fraction of sp³-hybridized carbons (Fsp3) is 0.300. The number of halogens is 1. The predicted molar refractivity (Wildman–Crippen MR) is 65.7 cm³/mol. The number of carbonyl (C=O) groups is 1. The van der Waals surface area contributed by atoms with Gasteiger partial charge in [-0.05, 0) is 18.6 Å².